The number of hydrogen-bond acceptors (Lipinski definition) is 2. The molecule has 0 aliphatic carbocycles. The summed E-state index contributed by atoms with van der Waals surface area (Å²) in [5, 5.41) is 0. The zero-order valence-corrected chi connectivity index (χ0v) is 11.2. The van der Waals surface area contributed by atoms with Crippen molar-refractivity contribution >= 4 is 5.69 Å². The van der Waals surface area contributed by atoms with Crippen molar-refractivity contribution in [3.8, 4) is 0 Å². The molecule has 0 fully saturated rings. The highest BCUT2D eigenvalue weighted by atomic mass is 15.1. The fraction of sp³-hybridized carbons (Fsp3) is 0.294. The molecule has 98 valence electrons. The zero-order valence-electron chi connectivity index (χ0n) is 11.2. The molecular formula is C17H20N2. The SMILES string of the molecule is Nc1ccc(CCN2CCc3ccccc3C2)cc1. The highest BCUT2D eigenvalue weighted by molar-refractivity contribution is 5.39. The van der Waals surface area contributed by atoms with Gasteiger partial charge >= 0.3 is 0 Å². The number of nitrogen functional groups attached to an aromatic ring is 1. The van der Waals surface area contributed by atoms with Crippen molar-refractivity contribution in [1.82, 2.24) is 4.90 Å². The van der Waals surface area contributed by atoms with E-state index in [1.165, 1.54) is 29.7 Å². The lowest BCUT2D eigenvalue weighted by atomic mass is 9.99. The zero-order chi connectivity index (χ0) is 13.1. The van der Waals surface area contributed by atoms with Crippen LogP contribution in [0.1, 0.15) is 16.7 Å². The highest BCUT2D eigenvalue weighted by Gasteiger charge is 2.14. The van der Waals surface area contributed by atoms with Crippen molar-refractivity contribution in [2.24, 2.45) is 0 Å². The average molecular weight is 252 g/mol. The van der Waals surface area contributed by atoms with Crippen molar-refractivity contribution in [1.29, 1.82) is 0 Å². The number of anilines is 1. The Hall–Kier alpha value is -1.80. The monoisotopic (exact) mass is 252 g/mol. The van der Waals surface area contributed by atoms with Crippen LogP contribution in [-0.2, 0) is 19.4 Å². The van der Waals surface area contributed by atoms with E-state index in [1.54, 1.807) is 0 Å². The average Bonchev–Trinajstić information content (AvgIpc) is 2.46. The number of fused-ring (bicyclic) bond motifs is 1. The molecule has 0 aromatic heterocycles. The van der Waals surface area contributed by atoms with Gasteiger partial charge in [0.25, 0.3) is 0 Å². The normalized spacial score (nSPS) is 15.2. The van der Waals surface area contributed by atoms with Crippen LogP contribution in [0.15, 0.2) is 48.5 Å². The van der Waals surface area contributed by atoms with Gasteiger partial charge in [-0.15, -0.1) is 0 Å². The van der Waals surface area contributed by atoms with Gasteiger partial charge in [-0.3, -0.25) is 4.90 Å². The van der Waals surface area contributed by atoms with Gasteiger partial charge in [0.05, 0.1) is 0 Å². The van der Waals surface area contributed by atoms with Crippen LogP contribution in [0, 0.1) is 0 Å². The molecule has 1 aliphatic rings. The van der Waals surface area contributed by atoms with Crippen LogP contribution in [-0.4, -0.2) is 18.0 Å². The van der Waals surface area contributed by atoms with Crippen LogP contribution in [0.2, 0.25) is 0 Å². The molecule has 1 heterocycles. The summed E-state index contributed by atoms with van der Waals surface area (Å²) in [6.07, 6.45) is 2.28. The quantitative estimate of drug-likeness (QED) is 0.851. The van der Waals surface area contributed by atoms with E-state index in [-0.39, 0.29) is 0 Å². The van der Waals surface area contributed by atoms with Crippen LogP contribution >= 0.6 is 0 Å². The second-order valence-corrected chi connectivity index (χ2v) is 5.29. The maximum atomic E-state index is 5.71. The third-order valence-electron chi connectivity index (χ3n) is 3.91. The maximum Gasteiger partial charge on any atom is 0.0314 e. The highest BCUT2D eigenvalue weighted by Crippen LogP contribution is 2.18. The molecule has 0 saturated carbocycles. The largest absolute Gasteiger partial charge is 0.399 e. The molecule has 0 bridgehead atoms. The van der Waals surface area contributed by atoms with Crippen LogP contribution < -0.4 is 5.73 Å². The molecule has 0 spiro atoms. The number of rotatable bonds is 3. The van der Waals surface area contributed by atoms with E-state index in [0.717, 1.165) is 25.2 Å². The summed E-state index contributed by atoms with van der Waals surface area (Å²) in [7, 11) is 0. The molecule has 2 aromatic rings. The molecule has 0 radical (unpaired) electrons. The second-order valence-electron chi connectivity index (χ2n) is 5.29. The first kappa shape index (κ1) is 12.2. The molecule has 3 rings (SSSR count). The van der Waals surface area contributed by atoms with E-state index < -0.39 is 0 Å². The summed E-state index contributed by atoms with van der Waals surface area (Å²) in [5.74, 6) is 0. The molecule has 0 unspecified atom stereocenters. The van der Waals surface area contributed by atoms with E-state index in [9.17, 15) is 0 Å². The van der Waals surface area contributed by atoms with Crippen molar-refractivity contribution < 1.29 is 0 Å². The lowest BCUT2D eigenvalue weighted by Crippen LogP contribution is -2.32. The van der Waals surface area contributed by atoms with E-state index in [1.807, 2.05) is 12.1 Å². The second kappa shape index (κ2) is 5.45. The number of hydrogen-bond donors (Lipinski definition) is 1. The number of nitrogens with zero attached hydrogens (tertiary/aromatic N) is 1. The predicted octanol–water partition coefficient (Wildman–Crippen LogP) is 2.87. The van der Waals surface area contributed by atoms with Crippen LogP contribution in [0.4, 0.5) is 5.69 Å². The Morgan fingerprint density at radius 2 is 1.68 bits per heavy atom. The first-order chi connectivity index (χ1) is 9.31. The Kier molecular flexibility index (Phi) is 3.51. The molecule has 19 heavy (non-hydrogen) atoms. The molecule has 2 heteroatoms. The van der Waals surface area contributed by atoms with Gasteiger partial charge in [0.2, 0.25) is 0 Å². The van der Waals surface area contributed by atoms with Gasteiger partial charge in [-0.2, -0.15) is 0 Å². The summed E-state index contributed by atoms with van der Waals surface area (Å²) in [6.45, 7) is 3.38. The fourth-order valence-electron chi connectivity index (χ4n) is 2.72. The van der Waals surface area contributed by atoms with Gasteiger partial charge in [0.1, 0.15) is 0 Å². The third kappa shape index (κ3) is 2.96. The van der Waals surface area contributed by atoms with Crippen molar-refractivity contribution in [2.45, 2.75) is 19.4 Å². The molecular weight excluding hydrogens is 232 g/mol. The smallest absolute Gasteiger partial charge is 0.0314 e. The lowest BCUT2D eigenvalue weighted by Gasteiger charge is -2.28. The molecule has 0 saturated heterocycles. The van der Waals surface area contributed by atoms with Crippen molar-refractivity contribution in [3.63, 3.8) is 0 Å². The Balaban J connectivity index is 1.59. The van der Waals surface area contributed by atoms with Gasteiger partial charge in [-0.25, -0.2) is 0 Å². The Labute approximate surface area is 114 Å². The Morgan fingerprint density at radius 3 is 2.47 bits per heavy atom. The Morgan fingerprint density at radius 1 is 0.947 bits per heavy atom. The van der Waals surface area contributed by atoms with Gasteiger partial charge in [0, 0.05) is 25.3 Å². The molecule has 2 aromatic carbocycles. The summed E-state index contributed by atoms with van der Waals surface area (Å²) in [5.41, 5.74) is 10.9. The van der Waals surface area contributed by atoms with Gasteiger partial charge < -0.3 is 5.73 Å². The summed E-state index contributed by atoms with van der Waals surface area (Å²) in [4.78, 5) is 2.54. The number of nitrogens with two attached hydrogens (primary N) is 1. The Bertz CT molecular complexity index is 545. The molecule has 0 atom stereocenters. The molecule has 2 N–H and O–H groups in total. The summed E-state index contributed by atoms with van der Waals surface area (Å²) >= 11 is 0. The molecule has 2 nitrogen and oxygen atoms in total. The minimum Gasteiger partial charge on any atom is -0.399 e. The standard InChI is InChI=1S/C17H20N2/c18-17-7-5-14(6-8-17)9-11-19-12-10-15-3-1-2-4-16(15)13-19/h1-8H,9-13,18H2. The number of benzene rings is 2. The summed E-state index contributed by atoms with van der Waals surface area (Å²) < 4.78 is 0. The lowest BCUT2D eigenvalue weighted by molar-refractivity contribution is 0.257. The van der Waals surface area contributed by atoms with E-state index >= 15 is 0 Å². The third-order valence-corrected chi connectivity index (χ3v) is 3.91. The molecule has 0 amide bonds. The van der Waals surface area contributed by atoms with Gasteiger partial charge in [0.15, 0.2) is 0 Å². The topological polar surface area (TPSA) is 29.3 Å². The first-order valence-corrected chi connectivity index (χ1v) is 6.95. The van der Waals surface area contributed by atoms with E-state index in [0.29, 0.717) is 0 Å². The van der Waals surface area contributed by atoms with E-state index in [2.05, 4.69) is 41.3 Å². The van der Waals surface area contributed by atoms with E-state index in [4.69, 9.17) is 5.73 Å². The van der Waals surface area contributed by atoms with Gasteiger partial charge in [-0.05, 0) is 41.7 Å². The van der Waals surface area contributed by atoms with Crippen LogP contribution in [0.25, 0.3) is 0 Å². The predicted molar refractivity (Wildman–Crippen MR) is 80.0 cm³/mol. The van der Waals surface area contributed by atoms with Crippen LogP contribution in [0.5, 0.6) is 0 Å². The van der Waals surface area contributed by atoms with Crippen molar-refractivity contribution in [2.75, 3.05) is 18.8 Å². The fourth-order valence-corrected chi connectivity index (χ4v) is 2.72. The minimum atomic E-state index is 0.843. The first-order valence-electron chi connectivity index (χ1n) is 6.95. The summed E-state index contributed by atoms with van der Waals surface area (Å²) in [6, 6.07) is 17.0. The van der Waals surface area contributed by atoms with Gasteiger partial charge in [-0.1, -0.05) is 36.4 Å². The molecule has 1 aliphatic heterocycles. The minimum absolute atomic E-state index is 0.843. The van der Waals surface area contributed by atoms with Crippen LogP contribution in [0.3, 0.4) is 0 Å². The maximum absolute atomic E-state index is 5.71. The van der Waals surface area contributed by atoms with Crippen molar-refractivity contribution in [3.05, 3.63) is 65.2 Å².